The van der Waals surface area contributed by atoms with Gasteiger partial charge in [-0.05, 0) is 48.7 Å². The third-order valence-electron chi connectivity index (χ3n) is 5.85. The van der Waals surface area contributed by atoms with E-state index in [1.165, 1.54) is 12.1 Å². The molecule has 6 nitrogen and oxygen atoms in total. The number of fused-ring (bicyclic) bond motifs is 1. The number of imide groups is 1. The van der Waals surface area contributed by atoms with Crippen LogP contribution in [0.1, 0.15) is 36.3 Å². The first-order valence-electron chi connectivity index (χ1n) is 9.42. The predicted molar refractivity (Wildman–Crippen MR) is 97.8 cm³/mol. The number of nitrogens with one attached hydrogen (secondary N) is 2. The molecular weight excluding hydrogens is 387 g/mol. The minimum Gasteiger partial charge on any atom is -0.384 e. The maximum absolute atomic E-state index is 13.5. The van der Waals surface area contributed by atoms with Gasteiger partial charge in [-0.3, -0.25) is 19.9 Å². The van der Waals surface area contributed by atoms with E-state index < -0.39 is 29.5 Å². The van der Waals surface area contributed by atoms with Gasteiger partial charge in [-0.1, -0.05) is 6.07 Å². The monoisotopic (exact) mass is 407 g/mol. The number of rotatable bonds is 2. The van der Waals surface area contributed by atoms with Crippen molar-refractivity contribution in [3.8, 4) is 0 Å². The molecule has 0 bridgehead atoms. The summed E-state index contributed by atoms with van der Waals surface area (Å²) in [5.74, 6) is -3.20. The van der Waals surface area contributed by atoms with Crippen molar-refractivity contribution >= 4 is 22.7 Å². The second kappa shape index (κ2) is 7.07. The van der Waals surface area contributed by atoms with Gasteiger partial charge in [0.2, 0.25) is 11.8 Å². The number of alkyl halides is 3. The van der Waals surface area contributed by atoms with Gasteiger partial charge in [0.25, 0.3) is 0 Å². The predicted octanol–water partition coefficient (Wildman–Crippen LogP) is 2.11. The number of pyridine rings is 1. The van der Waals surface area contributed by atoms with E-state index in [4.69, 9.17) is 0 Å². The molecule has 2 aliphatic rings. The number of piperidine rings is 2. The number of aromatic nitrogens is 1. The smallest absolute Gasteiger partial charge is 0.384 e. The van der Waals surface area contributed by atoms with Crippen LogP contribution in [0.4, 0.5) is 13.2 Å². The Morgan fingerprint density at radius 3 is 2.72 bits per heavy atom. The van der Waals surface area contributed by atoms with Crippen LogP contribution in [0.25, 0.3) is 10.9 Å². The summed E-state index contributed by atoms with van der Waals surface area (Å²) in [6, 6.07) is 6.26. The number of hydrogen-bond donors (Lipinski definition) is 3. The Hall–Kier alpha value is -2.52. The van der Waals surface area contributed by atoms with Crippen molar-refractivity contribution in [2.24, 2.45) is 5.92 Å². The summed E-state index contributed by atoms with van der Waals surface area (Å²) in [6.07, 6.45) is -2.51. The number of aliphatic hydroxyl groups is 1. The second-order valence-electron chi connectivity index (χ2n) is 7.65. The normalized spacial score (nSPS) is 28.4. The average Bonchev–Trinajstić information content (AvgIpc) is 2.66. The molecule has 9 heteroatoms. The fourth-order valence-electron chi connectivity index (χ4n) is 4.22. The quantitative estimate of drug-likeness (QED) is 0.664. The molecule has 3 unspecified atom stereocenters. The van der Waals surface area contributed by atoms with Crippen molar-refractivity contribution in [2.45, 2.75) is 37.0 Å². The molecule has 1 aromatic carbocycles. The van der Waals surface area contributed by atoms with E-state index in [1.54, 1.807) is 18.3 Å². The standard InChI is InChI=1S/C20H20F3N3O3/c21-20(22,23)16-10-24-6-5-19(16,29)13-1-3-15-11(8-13)7-12(9-25-15)14-2-4-17(27)26-18(14)28/h1,3,7-9,14,16,24,29H,2,4-6,10H2,(H,26,27,28). The maximum atomic E-state index is 13.5. The molecule has 3 atom stereocenters. The van der Waals surface area contributed by atoms with Crippen LogP contribution < -0.4 is 10.6 Å². The van der Waals surface area contributed by atoms with Gasteiger partial charge >= 0.3 is 6.18 Å². The Morgan fingerprint density at radius 2 is 2.00 bits per heavy atom. The maximum Gasteiger partial charge on any atom is 0.396 e. The summed E-state index contributed by atoms with van der Waals surface area (Å²) < 4.78 is 40.6. The molecule has 0 aliphatic carbocycles. The molecule has 0 spiro atoms. The average molecular weight is 407 g/mol. The largest absolute Gasteiger partial charge is 0.396 e. The lowest BCUT2D eigenvalue weighted by Gasteiger charge is -2.41. The van der Waals surface area contributed by atoms with Crippen molar-refractivity contribution in [1.82, 2.24) is 15.6 Å². The summed E-state index contributed by atoms with van der Waals surface area (Å²) in [5, 5.41) is 16.5. The number of hydrogen-bond acceptors (Lipinski definition) is 5. The number of carbonyl (C=O) groups is 2. The summed E-state index contributed by atoms with van der Waals surface area (Å²) in [7, 11) is 0. The van der Waals surface area contributed by atoms with E-state index in [9.17, 15) is 27.9 Å². The Bertz CT molecular complexity index is 978. The number of carbonyl (C=O) groups excluding carboxylic acids is 2. The molecule has 2 amide bonds. The third-order valence-corrected chi connectivity index (χ3v) is 5.85. The lowest BCUT2D eigenvalue weighted by atomic mass is 9.75. The summed E-state index contributed by atoms with van der Waals surface area (Å²) >= 11 is 0. The molecule has 2 aliphatic heterocycles. The SMILES string of the molecule is O=C1CCC(c2cnc3ccc(C4(O)CCNCC4C(F)(F)F)cc3c2)C(=O)N1. The van der Waals surface area contributed by atoms with Gasteiger partial charge in [-0.2, -0.15) is 13.2 Å². The zero-order valence-electron chi connectivity index (χ0n) is 15.4. The highest BCUT2D eigenvalue weighted by Crippen LogP contribution is 2.44. The Kier molecular flexibility index (Phi) is 4.82. The van der Waals surface area contributed by atoms with Crippen LogP contribution in [0.2, 0.25) is 0 Å². The highest BCUT2D eigenvalue weighted by Gasteiger charge is 2.54. The van der Waals surface area contributed by atoms with E-state index in [0.717, 1.165) is 0 Å². The number of benzene rings is 1. The van der Waals surface area contributed by atoms with Crippen LogP contribution in [-0.4, -0.2) is 41.2 Å². The summed E-state index contributed by atoms with van der Waals surface area (Å²) in [5.41, 5.74) is -0.728. The number of halogens is 3. The van der Waals surface area contributed by atoms with E-state index in [0.29, 0.717) is 22.9 Å². The third kappa shape index (κ3) is 3.60. The first kappa shape index (κ1) is 19.8. The van der Waals surface area contributed by atoms with Crippen molar-refractivity contribution in [3.63, 3.8) is 0 Å². The van der Waals surface area contributed by atoms with Crippen LogP contribution in [-0.2, 0) is 15.2 Å². The molecule has 1 aromatic heterocycles. The van der Waals surface area contributed by atoms with Crippen molar-refractivity contribution in [1.29, 1.82) is 0 Å². The first-order chi connectivity index (χ1) is 13.7. The molecule has 3 heterocycles. The topological polar surface area (TPSA) is 91.3 Å². The van der Waals surface area contributed by atoms with Crippen molar-refractivity contribution in [2.75, 3.05) is 13.1 Å². The van der Waals surface area contributed by atoms with E-state index >= 15 is 0 Å². The Balaban J connectivity index is 1.73. The van der Waals surface area contributed by atoms with Gasteiger partial charge in [-0.25, -0.2) is 0 Å². The zero-order valence-corrected chi connectivity index (χ0v) is 15.4. The zero-order chi connectivity index (χ0) is 20.8. The van der Waals surface area contributed by atoms with Gasteiger partial charge in [0.05, 0.1) is 11.4 Å². The Labute approximate surface area is 164 Å². The highest BCUT2D eigenvalue weighted by atomic mass is 19.4. The van der Waals surface area contributed by atoms with Crippen molar-refractivity contribution in [3.05, 3.63) is 41.6 Å². The fraction of sp³-hybridized carbons (Fsp3) is 0.450. The van der Waals surface area contributed by atoms with Gasteiger partial charge in [-0.15, -0.1) is 0 Å². The first-order valence-corrected chi connectivity index (χ1v) is 9.42. The molecule has 2 saturated heterocycles. The van der Waals surface area contributed by atoms with Crippen LogP contribution in [0.15, 0.2) is 30.5 Å². The van der Waals surface area contributed by atoms with Crippen molar-refractivity contribution < 1.29 is 27.9 Å². The van der Waals surface area contributed by atoms with Crippen LogP contribution in [0.5, 0.6) is 0 Å². The molecular formula is C20H20F3N3O3. The summed E-state index contributed by atoms with van der Waals surface area (Å²) in [6.45, 7) is -0.0811. The Morgan fingerprint density at radius 1 is 1.21 bits per heavy atom. The lowest BCUT2D eigenvalue weighted by Crippen LogP contribution is -2.54. The molecule has 0 saturated carbocycles. The van der Waals surface area contributed by atoms with Gasteiger partial charge in [0, 0.05) is 24.5 Å². The molecule has 2 aromatic rings. The molecule has 4 rings (SSSR count). The van der Waals surface area contributed by atoms with Gasteiger partial charge < -0.3 is 10.4 Å². The minimum absolute atomic E-state index is 0.0665. The minimum atomic E-state index is -4.55. The fourth-order valence-corrected chi connectivity index (χ4v) is 4.22. The molecule has 154 valence electrons. The summed E-state index contributed by atoms with van der Waals surface area (Å²) in [4.78, 5) is 27.8. The van der Waals surface area contributed by atoms with Crippen LogP contribution in [0.3, 0.4) is 0 Å². The molecule has 29 heavy (non-hydrogen) atoms. The lowest BCUT2D eigenvalue weighted by molar-refractivity contribution is -0.236. The van der Waals surface area contributed by atoms with Crippen LogP contribution >= 0.6 is 0 Å². The van der Waals surface area contributed by atoms with E-state index in [-0.39, 0.29) is 37.4 Å². The van der Waals surface area contributed by atoms with Gasteiger partial charge in [0.1, 0.15) is 11.5 Å². The van der Waals surface area contributed by atoms with E-state index in [2.05, 4.69) is 15.6 Å². The van der Waals surface area contributed by atoms with E-state index in [1.807, 2.05) is 0 Å². The highest BCUT2D eigenvalue weighted by molar-refractivity contribution is 6.01. The number of nitrogens with zero attached hydrogens (tertiary/aromatic N) is 1. The van der Waals surface area contributed by atoms with Gasteiger partial charge in [0.15, 0.2) is 0 Å². The molecule has 2 fully saturated rings. The number of amides is 2. The van der Waals surface area contributed by atoms with Crippen LogP contribution in [0, 0.1) is 5.92 Å². The molecule has 0 radical (unpaired) electrons. The molecule has 3 N–H and O–H groups in total. The second-order valence-corrected chi connectivity index (χ2v) is 7.65.